The summed E-state index contributed by atoms with van der Waals surface area (Å²) in [5.74, 6) is -1.56. The van der Waals surface area contributed by atoms with E-state index in [0.29, 0.717) is 25.1 Å². The van der Waals surface area contributed by atoms with Gasteiger partial charge in [0.25, 0.3) is 5.91 Å². The van der Waals surface area contributed by atoms with Crippen LogP contribution in [0.3, 0.4) is 0 Å². The van der Waals surface area contributed by atoms with Crippen LogP contribution in [-0.4, -0.2) is 68.6 Å². The fraction of sp³-hybridized carbons (Fsp3) is 0.400. The SMILES string of the molecule is CCCC[C@H](CN(C=O)OCc1ccccc1)C(=O)N1[C@H](C(=O)Nc2ccccn2)CCN1C(=O)O. The number of amides is 4. The smallest absolute Gasteiger partial charge is 0.426 e. The Morgan fingerprint density at radius 3 is 2.61 bits per heavy atom. The van der Waals surface area contributed by atoms with Gasteiger partial charge in [0, 0.05) is 12.7 Å². The first-order valence-electron chi connectivity index (χ1n) is 11.9. The summed E-state index contributed by atoms with van der Waals surface area (Å²) in [6.45, 7) is 2.01. The first-order valence-corrected chi connectivity index (χ1v) is 11.9. The van der Waals surface area contributed by atoms with Gasteiger partial charge in [0.1, 0.15) is 18.5 Å². The number of unbranched alkanes of at least 4 members (excludes halogenated alkanes) is 1. The number of hydroxylamine groups is 2. The number of pyridine rings is 1. The van der Waals surface area contributed by atoms with Gasteiger partial charge in [0.05, 0.1) is 12.5 Å². The molecule has 0 spiro atoms. The van der Waals surface area contributed by atoms with E-state index < -0.39 is 29.9 Å². The third kappa shape index (κ3) is 7.01. The van der Waals surface area contributed by atoms with E-state index in [4.69, 9.17) is 4.84 Å². The lowest BCUT2D eigenvalue weighted by atomic mass is 10.00. The summed E-state index contributed by atoms with van der Waals surface area (Å²) in [6.07, 6.45) is 2.68. The average molecular weight is 498 g/mol. The van der Waals surface area contributed by atoms with Crippen LogP contribution in [0.5, 0.6) is 0 Å². The van der Waals surface area contributed by atoms with E-state index in [1.807, 2.05) is 37.3 Å². The van der Waals surface area contributed by atoms with Crippen molar-refractivity contribution in [2.45, 2.75) is 45.3 Å². The van der Waals surface area contributed by atoms with Gasteiger partial charge in [-0.2, -0.15) is 0 Å². The zero-order valence-electron chi connectivity index (χ0n) is 20.2. The number of hydrogen-bond acceptors (Lipinski definition) is 6. The molecule has 1 aliphatic heterocycles. The molecule has 2 atom stereocenters. The highest BCUT2D eigenvalue weighted by Gasteiger charge is 2.44. The lowest BCUT2D eigenvalue weighted by Crippen LogP contribution is -2.54. The summed E-state index contributed by atoms with van der Waals surface area (Å²) in [5, 5.41) is 15.3. The van der Waals surface area contributed by atoms with Crippen LogP contribution in [0.25, 0.3) is 0 Å². The normalized spacial score (nSPS) is 15.9. The first-order chi connectivity index (χ1) is 17.4. The molecule has 11 heteroatoms. The van der Waals surface area contributed by atoms with Gasteiger partial charge in [0.2, 0.25) is 12.3 Å². The number of carbonyl (C=O) groups is 4. The average Bonchev–Trinajstić information content (AvgIpc) is 3.35. The van der Waals surface area contributed by atoms with Crippen molar-refractivity contribution in [3.8, 4) is 0 Å². The van der Waals surface area contributed by atoms with Crippen LogP contribution in [-0.2, 0) is 25.8 Å². The molecule has 1 aromatic carbocycles. The zero-order valence-corrected chi connectivity index (χ0v) is 20.2. The third-order valence-corrected chi connectivity index (χ3v) is 5.85. The van der Waals surface area contributed by atoms with Gasteiger partial charge in [-0.15, -0.1) is 0 Å². The molecule has 4 amide bonds. The van der Waals surface area contributed by atoms with Gasteiger partial charge >= 0.3 is 6.09 Å². The summed E-state index contributed by atoms with van der Waals surface area (Å²) in [7, 11) is 0. The fourth-order valence-corrected chi connectivity index (χ4v) is 4.00. The predicted octanol–water partition coefficient (Wildman–Crippen LogP) is 2.91. The summed E-state index contributed by atoms with van der Waals surface area (Å²) in [5.41, 5.74) is 0.851. The van der Waals surface area contributed by atoms with E-state index in [1.54, 1.807) is 18.2 Å². The van der Waals surface area contributed by atoms with Gasteiger partial charge in [-0.05, 0) is 30.5 Å². The van der Waals surface area contributed by atoms with Gasteiger partial charge in [-0.25, -0.2) is 24.9 Å². The number of carboxylic acid groups (broad SMARTS) is 1. The van der Waals surface area contributed by atoms with Gasteiger partial charge in [-0.3, -0.25) is 19.2 Å². The quantitative estimate of drug-likeness (QED) is 0.340. The van der Waals surface area contributed by atoms with Gasteiger partial charge in [-0.1, -0.05) is 56.2 Å². The molecule has 2 heterocycles. The minimum Gasteiger partial charge on any atom is -0.464 e. The van der Waals surface area contributed by atoms with E-state index in [0.717, 1.165) is 27.1 Å². The number of nitrogens with one attached hydrogen (secondary N) is 1. The van der Waals surface area contributed by atoms with Crippen LogP contribution >= 0.6 is 0 Å². The minimum absolute atomic E-state index is 0.0101. The van der Waals surface area contributed by atoms with Crippen molar-refractivity contribution >= 4 is 30.1 Å². The topological polar surface area (TPSA) is 132 Å². The number of hydrogen-bond donors (Lipinski definition) is 2. The van der Waals surface area contributed by atoms with Crippen LogP contribution in [0.1, 0.15) is 38.2 Å². The second-order valence-electron chi connectivity index (χ2n) is 8.40. The van der Waals surface area contributed by atoms with E-state index >= 15 is 0 Å². The van der Waals surface area contributed by atoms with Crippen molar-refractivity contribution < 1.29 is 29.1 Å². The first kappa shape index (κ1) is 26.6. The number of aromatic nitrogens is 1. The van der Waals surface area contributed by atoms with E-state index in [9.17, 15) is 24.3 Å². The highest BCUT2D eigenvalue weighted by atomic mass is 16.7. The highest BCUT2D eigenvalue weighted by molar-refractivity contribution is 5.97. The van der Waals surface area contributed by atoms with Crippen molar-refractivity contribution in [1.82, 2.24) is 20.1 Å². The van der Waals surface area contributed by atoms with Crippen molar-refractivity contribution in [3.63, 3.8) is 0 Å². The number of rotatable bonds is 12. The van der Waals surface area contributed by atoms with Crippen LogP contribution in [0.15, 0.2) is 54.7 Å². The molecule has 0 aliphatic carbocycles. The Morgan fingerprint density at radius 1 is 1.22 bits per heavy atom. The molecule has 1 aliphatic rings. The maximum atomic E-state index is 13.7. The molecule has 3 rings (SSSR count). The monoisotopic (exact) mass is 497 g/mol. The summed E-state index contributed by atoms with van der Waals surface area (Å²) in [4.78, 5) is 60.0. The van der Waals surface area contributed by atoms with E-state index in [-0.39, 0.29) is 26.1 Å². The number of anilines is 1. The van der Waals surface area contributed by atoms with E-state index in [1.165, 1.54) is 6.20 Å². The second kappa shape index (κ2) is 13.2. The van der Waals surface area contributed by atoms with Gasteiger partial charge in [0.15, 0.2) is 0 Å². The molecule has 0 saturated carbocycles. The largest absolute Gasteiger partial charge is 0.464 e. The van der Waals surface area contributed by atoms with Crippen LogP contribution in [0, 0.1) is 5.92 Å². The molecule has 2 N–H and O–H groups in total. The summed E-state index contributed by atoms with van der Waals surface area (Å²) in [6, 6.07) is 13.2. The van der Waals surface area contributed by atoms with Crippen molar-refractivity contribution in [1.29, 1.82) is 0 Å². The molecule has 1 saturated heterocycles. The standard InChI is InChI=1S/C25H31N5O6/c1-2-3-11-20(16-28(18-31)36-17-19-9-5-4-6-10-19)24(33)30-21(13-15-29(30)25(34)35)23(32)27-22-12-7-8-14-26-22/h4-10,12,14,18,20-21H,2-3,11,13,15-17H2,1H3,(H,34,35)(H,26,27,32)/t20-,21+/m1/s1. The fourth-order valence-electron chi connectivity index (χ4n) is 4.00. The van der Waals surface area contributed by atoms with E-state index in [2.05, 4.69) is 10.3 Å². The Hall–Kier alpha value is -3.99. The second-order valence-corrected chi connectivity index (χ2v) is 8.40. The van der Waals surface area contributed by atoms with Crippen LogP contribution in [0.2, 0.25) is 0 Å². The number of carbonyl (C=O) groups excluding carboxylic acids is 3. The van der Waals surface area contributed by atoms with Crippen molar-refractivity contribution in [3.05, 3.63) is 60.3 Å². The molecule has 36 heavy (non-hydrogen) atoms. The molecular formula is C25H31N5O6. The summed E-state index contributed by atoms with van der Waals surface area (Å²) >= 11 is 0. The van der Waals surface area contributed by atoms with Crippen LogP contribution in [0.4, 0.5) is 10.6 Å². The highest BCUT2D eigenvalue weighted by Crippen LogP contribution is 2.25. The maximum Gasteiger partial charge on any atom is 0.426 e. The number of nitrogens with zero attached hydrogens (tertiary/aromatic N) is 4. The Kier molecular flexibility index (Phi) is 9.75. The Labute approximate surface area is 209 Å². The Balaban J connectivity index is 1.77. The van der Waals surface area contributed by atoms with Crippen LogP contribution < -0.4 is 5.32 Å². The molecule has 11 nitrogen and oxygen atoms in total. The predicted molar refractivity (Wildman–Crippen MR) is 130 cm³/mol. The molecule has 0 radical (unpaired) electrons. The maximum absolute atomic E-state index is 13.7. The zero-order chi connectivity index (χ0) is 25.9. The van der Waals surface area contributed by atoms with Crippen molar-refractivity contribution in [2.75, 3.05) is 18.4 Å². The molecule has 192 valence electrons. The minimum atomic E-state index is -1.33. The lowest BCUT2D eigenvalue weighted by molar-refractivity contribution is -0.185. The lowest BCUT2D eigenvalue weighted by Gasteiger charge is -2.33. The molecule has 2 aromatic rings. The molecule has 1 fully saturated rings. The Morgan fingerprint density at radius 2 is 1.97 bits per heavy atom. The molecule has 0 bridgehead atoms. The van der Waals surface area contributed by atoms with Crippen molar-refractivity contribution in [2.24, 2.45) is 5.92 Å². The number of benzene rings is 1. The molecular weight excluding hydrogens is 466 g/mol. The van der Waals surface area contributed by atoms with Gasteiger partial charge < -0.3 is 10.4 Å². The third-order valence-electron chi connectivity index (χ3n) is 5.85. The number of hydrazine groups is 1. The Bertz CT molecular complexity index is 1020. The summed E-state index contributed by atoms with van der Waals surface area (Å²) < 4.78 is 0. The molecule has 1 aromatic heterocycles. The molecule has 0 unspecified atom stereocenters.